The predicted octanol–water partition coefficient (Wildman–Crippen LogP) is 6.27. The van der Waals surface area contributed by atoms with E-state index in [0.29, 0.717) is 5.75 Å². The summed E-state index contributed by atoms with van der Waals surface area (Å²) in [5.41, 5.74) is 5.99. The van der Waals surface area contributed by atoms with Crippen LogP contribution in [0.15, 0.2) is 97.1 Å². The van der Waals surface area contributed by atoms with Crippen LogP contribution in [0.25, 0.3) is 43.8 Å². The van der Waals surface area contributed by atoms with Crippen LogP contribution in [0.4, 0.5) is 0 Å². The molecule has 5 aromatic rings. The lowest BCUT2D eigenvalue weighted by Crippen LogP contribution is -2.00. The summed E-state index contributed by atoms with van der Waals surface area (Å²) in [5.74, 6) is 0.660. The van der Waals surface area contributed by atoms with E-state index >= 15 is 0 Å². The highest BCUT2D eigenvalue weighted by Gasteiger charge is 2.17. The third-order valence-electron chi connectivity index (χ3n) is 5.60. The monoisotopic (exact) mass is 388 g/mol. The molecule has 0 fully saturated rings. The van der Waals surface area contributed by atoms with Crippen molar-refractivity contribution in [2.45, 2.75) is 6.92 Å². The first-order valence-electron chi connectivity index (χ1n) is 10.1. The van der Waals surface area contributed by atoms with E-state index in [9.17, 15) is 5.02 Å². The van der Waals surface area contributed by atoms with Gasteiger partial charge in [-0.05, 0) is 62.9 Å². The van der Waals surface area contributed by atoms with E-state index in [0.717, 1.165) is 10.9 Å². The number of hydrogen-bond donors (Lipinski definition) is 1. The predicted molar refractivity (Wildman–Crippen MR) is 127 cm³/mol. The van der Waals surface area contributed by atoms with Crippen molar-refractivity contribution in [3.63, 3.8) is 0 Å². The summed E-state index contributed by atoms with van der Waals surface area (Å²) in [5, 5.41) is 14.0. The lowest BCUT2D eigenvalue weighted by Gasteiger charge is -2.19. The van der Waals surface area contributed by atoms with Crippen LogP contribution in [0.2, 0.25) is 0 Å². The third-order valence-corrected chi connectivity index (χ3v) is 5.60. The Bertz CT molecular complexity index is 1350. The van der Waals surface area contributed by atoms with Crippen molar-refractivity contribution >= 4 is 29.2 Å². The third kappa shape index (κ3) is 3.14. The minimum absolute atomic E-state index is 0.343. The molecule has 2 nitrogen and oxygen atoms in total. The van der Waals surface area contributed by atoms with E-state index in [-0.39, 0.29) is 7.69 Å². The molecule has 0 aliphatic carbocycles. The van der Waals surface area contributed by atoms with E-state index < -0.39 is 0 Å². The van der Waals surface area contributed by atoms with Crippen molar-refractivity contribution < 1.29 is 9.68 Å². The Morgan fingerprint density at radius 2 is 1.13 bits per heavy atom. The Morgan fingerprint density at radius 3 is 1.70 bits per heavy atom. The van der Waals surface area contributed by atoms with Gasteiger partial charge in [0, 0.05) is 0 Å². The molecule has 0 saturated heterocycles. The lowest BCUT2D eigenvalue weighted by molar-refractivity contribution is 0.454. The van der Waals surface area contributed by atoms with Crippen LogP contribution in [0.1, 0.15) is 5.56 Å². The van der Waals surface area contributed by atoms with E-state index in [1.807, 2.05) is 24.3 Å². The first-order valence-corrected chi connectivity index (χ1v) is 10.1. The van der Waals surface area contributed by atoms with Crippen molar-refractivity contribution in [1.29, 1.82) is 0 Å². The fraction of sp³-hybridized carbons (Fsp3) is 0.0370. The van der Waals surface area contributed by atoms with Gasteiger partial charge in [-0.2, -0.15) is 0 Å². The maximum absolute atomic E-state index is 9.29. The van der Waals surface area contributed by atoms with Crippen LogP contribution in [0.3, 0.4) is 0 Å². The molecule has 3 heteroatoms. The number of rotatable bonds is 4. The van der Waals surface area contributed by atoms with Gasteiger partial charge >= 0.3 is 7.69 Å². The summed E-state index contributed by atoms with van der Waals surface area (Å²) < 4.78 is 5.44. The van der Waals surface area contributed by atoms with E-state index in [1.165, 1.54) is 38.4 Å². The minimum Gasteiger partial charge on any atom is -0.539 e. The van der Waals surface area contributed by atoms with Crippen LogP contribution in [0.5, 0.6) is 5.75 Å². The summed E-state index contributed by atoms with van der Waals surface area (Å²) in [6.07, 6.45) is 0. The van der Waals surface area contributed by atoms with Gasteiger partial charge in [-0.15, -0.1) is 0 Å². The van der Waals surface area contributed by atoms with E-state index in [4.69, 9.17) is 4.65 Å². The highest BCUT2D eigenvalue weighted by Crippen LogP contribution is 2.44. The molecule has 0 aliphatic heterocycles. The molecular formula is C27H21BO2. The van der Waals surface area contributed by atoms with Gasteiger partial charge in [-0.25, -0.2) is 0 Å². The zero-order valence-corrected chi connectivity index (χ0v) is 16.8. The number of aryl methyl sites for hydroxylation is 1. The SMILES string of the molecule is Cc1ccc2c(-c3ccccc3)c3cc(OBO)ccc3c(-c3ccccc3)c2c1. The zero-order valence-electron chi connectivity index (χ0n) is 16.8. The molecule has 5 rings (SSSR count). The fourth-order valence-corrected chi connectivity index (χ4v) is 4.32. The Kier molecular flexibility index (Phi) is 4.74. The first-order chi connectivity index (χ1) is 14.8. The normalized spacial score (nSPS) is 11.0. The van der Waals surface area contributed by atoms with Crippen molar-refractivity contribution in [2.75, 3.05) is 0 Å². The van der Waals surface area contributed by atoms with Crippen molar-refractivity contribution in [3.8, 4) is 28.0 Å². The average Bonchev–Trinajstić information content (AvgIpc) is 2.79. The van der Waals surface area contributed by atoms with Crippen molar-refractivity contribution in [3.05, 3.63) is 103 Å². The van der Waals surface area contributed by atoms with Crippen LogP contribution in [0, 0.1) is 6.92 Å². The largest absolute Gasteiger partial charge is 0.539 e. The summed E-state index contributed by atoms with van der Waals surface area (Å²) in [6, 6.07) is 33.8. The topological polar surface area (TPSA) is 29.5 Å². The smallest absolute Gasteiger partial charge is 0.504 e. The standard InChI is InChI=1S/C27H21BO2/c1-18-12-14-22-24(16-18)26(19-8-4-2-5-9-19)23-15-13-21(30-28-29)17-25(23)27(22)20-10-6-3-7-11-20/h2-17,28-29H,1H3. The van der Waals surface area contributed by atoms with Gasteiger partial charge in [-0.3, -0.25) is 0 Å². The van der Waals surface area contributed by atoms with Gasteiger partial charge in [0.25, 0.3) is 0 Å². The van der Waals surface area contributed by atoms with Gasteiger partial charge in [-0.1, -0.05) is 90.5 Å². The fourth-order valence-electron chi connectivity index (χ4n) is 4.32. The zero-order chi connectivity index (χ0) is 20.5. The lowest BCUT2D eigenvalue weighted by atomic mass is 9.85. The van der Waals surface area contributed by atoms with Crippen LogP contribution < -0.4 is 4.65 Å². The summed E-state index contributed by atoms with van der Waals surface area (Å²) in [7, 11) is -0.343. The number of benzene rings is 5. The van der Waals surface area contributed by atoms with Gasteiger partial charge in [0.15, 0.2) is 0 Å². The molecule has 0 spiro atoms. The second-order valence-electron chi connectivity index (χ2n) is 7.51. The van der Waals surface area contributed by atoms with Gasteiger partial charge in [0.2, 0.25) is 0 Å². The van der Waals surface area contributed by atoms with E-state index in [1.54, 1.807) is 0 Å². The van der Waals surface area contributed by atoms with Gasteiger partial charge < -0.3 is 9.68 Å². The molecule has 0 saturated carbocycles. The van der Waals surface area contributed by atoms with Gasteiger partial charge in [0.05, 0.1) is 0 Å². The molecule has 0 unspecified atom stereocenters. The summed E-state index contributed by atoms with van der Waals surface area (Å²) in [6.45, 7) is 2.14. The Morgan fingerprint density at radius 1 is 0.600 bits per heavy atom. The van der Waals surface area contributed by atoms with E-state index in [2.05, 4.69) is 79.7 Å². The van der Waals surface area contributed by atoms with Crippen molar-refractivity contribution in [2.24, 2.45) is 0 Å². The second-order valence-corrected chi connectivity index (χ2v) is 7.51. The number of fused-ring (bicyclic) bond motifs is 2. The molecular weight excluding hydrogens is 367 g/mol. The molecule has 0 bridgehead atoms. The quantitative estimate of drug-likeness (QED) is 0.290. The van der Waals surface area contributed by atoms with Crippen LogP contribution in [-0.2, 0) is 0 Å². The first kappa shape index (κ1) is 18.5. The number of hydrogen-bond acceptors (Lipinski definition) is 2. The Balaban J connectivity index is 2.00. The van der Waals surface area contributed by atoms with Crippen LogP contribution in [-0.4, -0.2) is 12.7 Å². The van der Waals surface area contributed by atoms with Crippen molar-refractivity contribution in [1.82, 2.24) is 0 Å². The van der Waals surface area contributed by atoms with Gasteiger partial charge in [0.1, 0.15) is 5.75 Å². The second kappa shape index (κ2) is 7.70. The molecule has 0 aliphatic rings. The maximum atomic E-state index is 9.29. The maximum Gasteiger partial charge on any atom is 0.504 e. The molecule has 30 heavy (non-hydrogen) atoms. The molecule has 0 radical (unpaired) electrons. The Hall–Kier alpha value is -3.56. The molecule has 5 aromatic carbocycles. The molecule has 0 heterocycles. The molecule has 0 amide bonds. The summed E-state index contributed by atoms with van der Waals surface area (Å²) in [4.78, 5) is 0. The molecule has 0 atom stereocenters. The summed E-state index contributed by atoms with van der Waals surface area (Å²) >= 11 is 0. The molecule has 144 valence electrons. The van der Waals surface area contributed by atoms with Crippen LogP contribution >= 0.6 is 0 Å². The molecule has 1 N–H and O–H groups in total. The highest BCUT2D eigenvalue weighted by atomic mass is 16.5. The minimum atomic E-state index is -0.343. The highest BCUT2D eigenvalue weighted by molar-refractivity contribution is 6.22. The Labute approximate surface area is 176 Å². The molecule has 0 aromatic heterocycles. The average molecular weight is 388 g/mol.